The third kappa shape index (κ3) is 3.55. The molecule has 0 heterocycles. The van der Waals surface area contributed by atoms with Crippen LogP contribution in [0, 0.1) is 18.8 Å². The molecule has 1 aliphatic rings. The number of carbonyl (C=O) groups is 1. The number of nitrogens with one attached hydrogen (secondary N) is 1. The van der Waals surface area contributed by atoms with E-state index in [2.05, 4.69) is 36.7 Å². The fourth-order valence-electron chi connectivity index (χ4n) is 2.98. The Bertz CT molecular complexity index is 476. The molecule has 20 heavy (non-hydrogen) atoms. The maximum atomic E-state index is 12.3. The van der Waals surface area contributed by atoms with Gasteiger partial charge in [-0.1, -0.05) is 18.6 Å². The Labute approximate surface area is 125 Å². The first-order valence-corrected chi connectivity index (χ1v) is 8.49. The molecular weight excluding hydrogens is 268 g/mol. The first kappa shape index (κ1) is 15.4. The molecule has 0 bridgehead atoms. The molecule has 4 heteroatoms. The molecule has 2 atom stereocenters. The topological polar surface area (TPSA) is 55.1 Å². The van der Waals surface area contributed by atoms with Crippen molar-refractivity contribution in [3.05, 3.63) is 29.3 Å². The fraction of sp³-hybridized carbons (Fsp3) is 0.562. The van der Waals surface area contributed by atoms with Crippen molar-refractivity contribution in [2.75, 3.05) is 12.8 Å². The molecule has 3 nitrogen and oxygen atoms in total. The lowest BCUT2D eigenvalue weighted by Crippen LogP contribution is -2.34. The van der Waals surface area contributed by atoms with Gasteiger partial charge < -0.3 is 11.1 Å². The normalized spacial score (nSPS) is 21.9. The summed E-state index contributed by atoms with van der Waals surface area (Å²) in [5.74, 6) is 0.654. The number of carbonyl (C=O) groups excluding carboxylic acids is 1. The predicted octanol–water partition coefficient (Wildman–Crippen LogP) is 2.71. The highest BCUT2D eigenvalue weighted by atomic mass is 32.2. The van der Waals surface area contributed by atoms with E-state index in [1.165, 1.54) is 16.0 Å². The van der Waals surface area contributed by atoms with E-state index in [-0.39, 0.29) is 11.8 Å². The second-order valence-electron chi connectivity index (χ2n) is 5.57. The summed E-state index contributed by atoms with van der Waals surface area (Å²) in [7, 11) is 0. The molecular formula is C16H24N2OS. The van der Waals surface area contributed by atoms with Gasteiger partial charge in [0.1, 0.15) is 0 Å². The highest BCUT2D eigenvalue weighted by Crippen LogP contribution is 2.31. The van der Waals surface area contributed by atoms with Crippen molar-refractivity contribution >= 4 is 17.7 Å². The Balaban J connectivity index is 1.96. The second kappa shape index (κ2) is 7.14. The van der Waals surface area contributed by atoms with Crippen molar-refractivity contribution in [1.29, 1.82) is 0 Å². The third-order valence-electron chi connectivity index (χ3n) is 4.19. The van der Waals surface area contributed by atoms with Gasteiger partial charge in [-0.3, -0.25) is 4.79 Å². The molecule has 2 rings (SSSR count). The molecule has 0 aliphatic heterocycles. The predicted molar refractivity (Wildman–Crippen MR) is 84.7 cm³/mol. The lowest BCUT2D eigenvalue weighted by molar-refractivity contribution is -0.126. The van der Waals surface area contributed by atoms with Gasteiger partial charge in [0.2, 0.25) is 5.91 Å². The van der Waals surface area contributed by atoms with Crippen molar-refractivity contribution in [3.8, 4) is 0 Å². The Morgan fingerprint density at radius 2 is 2.25 bits per heavy atom. The summed E-state index contributed by atoms with van der Waals surface area (Å²) in [6, 6.07) is 6.38. The van der Waals surface area contributed by atoms with Crippen molar-refractivity contribution in [3.63, 3.8) is 0 Å². The monoisotopic (exact) mass is 292 g/mol. The third-order valence-corrected chi connectivity index (χ3v) is 5.01. The Hall–Kier alpha value is -1.00. The van der Waals surface area contributed by atoms with Crippen molar-refractivity contribution in [2.45, 2.75) is 37.6 Å². The van der Waals surface area contributed by atoms with Crippen molar-refractivity contribution in [2.24, 2.45) is 17.6 Å². The molecule has 0 radical (unpaired) electrons. The standard InChI is InChI=1S/C16H24N2OS/c1-11-6-7-13(15(8-11)20-2)10-18-16(19)14-5-3-4-12(14)9-17/h6-8,12,14H,3-5,9-10,17H2,1-2H3,(H,18,19)/t12-,14-/m1/s1. The molecule has 1 aliphatic carbocycles. The quantitative estimate of drug-likeness (QED) is 0.820. The van der Waals surface area contributed by atoms with Crippen LogP contribution < -0.4 is 11.1 Å². The maximum Gasteiger partial charge on any atom is 0.223 e. The molecule has 0 saturated heterocycles. The zero-order valence-corrected chi connectivity index (χ0v) is 13.1. The van der Waals surface area contributed by atoms with E-state index >= 15 is 0 Å². The number of hydrogen-bond donors (Lipinski definition) is 2. The number of thioether (sulfide) groups is 1. The van der Waals surface area contributed by atoms with Gasteiger partial charge >= 0.3 is 0 Å². The van der Waals surface area contributed by atoms with Crippen LogP contribution in [0.15, 0.2) is 23.1 Å². The van der Waals surface area contributed by atoms with Gasteiger partial charge in [-0.2, -0.15) is 0 Å². The molecule has 1 amide bonds. The highest BCUT2D eigenvalue weighted by molar-refractivity contribution is 7.98. The van der Waals surface area contributed by atoms with Crippen LogP contribution in [0.25, 0.3) is 0 Å². The molecule has 1 fully saturated rings. The molecule has 0 spiro atoms. The Morgan fingerprint density at radius 3 is 2.95 bits per heavy atom. The SMILES string of the molecule is CSc1cc(C)ccc1CNC(=O)[C@@H]1CCC[C@@H]1CN. The van der Waals surface area contributed by atoms with Gasteiger partial charge in [-0.15, -0.1) is 11.8 Å². The van der Waals surface area contributed by atoms with E-state index in [9.17, 15) is 4.79 Å². The van der Waals surface area contributed by atoms with Gasteiger partial charge in [0.25, 0.3) is 0 Å². The van der Waals surface area contributed by atoms with Gasteiger partial charge in [0, 0.05) is 17.4 Å². The molecule has 1 saturated carbocycles. The van der Waals surface area contributed by atoms with Crippen LogP contribution in [0.1, 0.15) is 30.4 Å². The second-order valence-corrected chi connectivity index (χ2v) is 6.41. The maximum absolute atomic E-state index is 12.3. The first-order valence-electron chi connectivity index (χ1n) is 7.27. The minimum atomic E-state index is 0.114. The molecule has 0 unspecified atom stereocenters. The first-order chi connectivity index (χ1) is 9.65. The highest BCUT2D eigenvalue weighted by Gasteiger charge is 2.31. The molecule has 0 aromatic heterocycles. The van der Waals surface area contributed by atoms with E-state index < -0.39 is 0 Å². The smallest absolute Gasteiger partial charge is 0.223 e. The summed E-state index contributed by atoms with van der Waals surface area (Å²) in [6.07, 6.45) is 5.27. The van der Waals surface area contributed by atoms with Gasteiger partial charge in [-0.25, -0.2) is 0 Å². The summed E-state index contributed by atoms with van der Waals surface area (Å²) in [6.45, 7) is 3.33. The average Bonchev–Trinajstić information content (AvgIpc) is 2.94. The van der Waals surface area contributed by atoms with Crippen LogP contribution in [0.2, 0.25) is 0 Å². The number of amides is 1. The van der Waals surface area contributed by atoms with Gasteiger partial charge in [-0.05, 0) is 55.7 Å². The Kier molecular flexibility index (Phi) is 5.49. The molecule has 110 valence electrons. The van der Waals surface area contributed by atoms with Crippen molar-refractivity contribution in [1.82, 2.24) is 5.32 Å². The number of rotatable bonds is 5. The minimum Gasteiger partial charge on any atom is -0.352 e. The van der Waals surface area contributed by atoms with E-state index in [1.54, 1.807) is 11.8 Å². The van der Waals surface area contributed by atoms with Gasteiger partial charge in [0.05, 0.1) is 0 Å². The van der Waals surface area contributed by atoms with Crippen LogP contribution in [0.3, 0.4) is 0 Å². The number of nitrogens with two attached hydrogens (primary N) is 1. The van der Waals surface area contributed by atoms with Crippen LogP contribution in [0.4, 0.5) is 0 Å². The average molecular weight is 292 g/mol. The summed E-state index contributed by atoms with van der Waals surface area (Å²) < 4.78 is 0. The zero-order chi connectivity index (χ0) is 14.5. The van der Waals surface area contributed by atoms with Crippen LogP contribution in [-0.2, 0) is 11.3 Å². The van der Waals surface area contributed by atoms with Gasteiger partial charge in [0.15, 0.2) is 0 Å². The fourth-order valence-corrected chi connectivity index (χ4v) is 3.68. The summed E-state index contributed by atoms with van der Waals surface area (Å²) in [4.78, 5) is 13.5. The molecule has 1 aromatic rings. The molecule has 3 N–H and O–H groups in total. The Morgan fingerprint density at radius 1 is 1.45 bits per heavy atom. The number of benzene rings is 1. The lowest BCUT2D eigenvalue weighted by Gasteiger charge is -2.18. The summed E-state index contributed by atoms with van der Waals surface area (Å²) >= 11 is 1.73. The zero-order valence-electron chi connectivity index (χ0n) is 12.3. The molecule has 1 aromatic carbocycles. The number of aryl methyl sites for hydroxylation is 1. The lowest BCUT2D eigenvalue weighted by atomic mass is 9.95. The van der Waals surface area contributed by atoms with E-state index in [4.69, 9.17) is 5.73 Å². The summed E-state index contributed by atoms with van der Waals surface area (Å²) in [5.41, 5.74) is 8.19. The van der Waals surface area contributed by atoms with Crippen LogP contribution in [0.5, 0.6) is 0 Å². The van der Waals surface area contributed by atoms with E-state index in [0.717, 1.165) is 19.3 Å². The van der Waals surface area contributed by atoms with Crippen LogP contribution >= 0.6 is 11.8 Å². The largest absolute Gasteiger partial charge is 0.352 e. The van der Waals surface area contributed by atoms with Crippen LogP contribution in [-0.4, -0.2) is 18.7 Å². The minimum absolute atomic E-state index is 0.114. The number of hydrogen-bond acceptors (Lipinski definition) is 3. The van der Waals surface area contributed by atoms with E-state index in [0.29, 0.717) is 19.0 Å². The summed E-state index contributed by atoms with van der Waals surface area (Å²) in [5, 5.41) is 3.09. The van der Waals surface area contributed by atoms with E-state index in [1.807, 2.05) is 0 Å². The van der Waals surface area contributed by atoms with Crippen molar-refractivity contribution < 1.29 is 4.79 Å².